The molecule has 3 heterocycles. The minimum Gasteiger partial charge on any atom is -0.504 e. The molecular formula is C20H16N4O3S. The Labute approximate surface area is 164 Å². The third-order valence-electron chi connectivity index (χ3n) is 3.85. The maximum atomic E-state index is 9.97. The van der Waals surface area contributed by atoms with Gasteiger partial charge in [0.1, 0.15) is 5.69 Å². The van der Waals surface area contributed by atoms with Gasteiger partial charge in [-0.1, -0.05) is 0 Å². The van der Waals surface area contributed by atoms with Crippen molar-refractivity contribution in [3.63, 3.8) is 0 Å². The highest BCUT2D eigenvalue weighted by Gasteiger charge is 2.10. The number of thiazole rings is 1. The molecule has 0 spiro atoms. The minimum atomic E-state index is 0.0493. The Balaban J connectivity index is 1.79. The second-order valence-corrected chi connectivity index (χ2v) is 6.53. The van der Waals surface area contributed by atoms with Crippen LogP contribution in [0.5, 0.6) is 11.5 Å². The van der Waals surface area contributed by atoms with Crippen molar-refractivity contribution in [1.82, 2.24) is 9.66 Å². The summed E-state index contributed by atoms with van der Waals surface area (Å²) in [6, 6.07) is 12.5. The SMILES string of the molecule is COc1ccc(C=Nn2c(-c3ccco3)csc2=Nc2cccnc2)cc1O. The summed E-state index contributed by atoms with van der Waals surface area (Å²) in [5.41, 5.74) is 2.21. The molecule has 8 heteroatoms. The van der Waals surface area contributed by atoms with Gasteiger partial charge in [0.25, 0.3) is 0 Å². The molecule has 0 aliphatic carbocycles. The Bertz CT molecular complexity index is 1160. The summed E-state index contributed by atoms with van der Waals surface area (Å²) in [5, 5.41) is 16.5. The molecule has 28 heavy (non-hydrogen) atoms. The number of ether oxygens (including phenoxy) is 1. The van der Waals surface area contributed by atoms with E-state index in [0.717, 1.165) is 16.9 Å². The molecule has 0 radical (unpaired) electrons. The van der Waals surface area contributed by atoms with Crippen molar-refractivity contribution < 1.29 is 14.3 Å². The van der Waals surface area contributed by atoms with Gasteiger partial charge in [-0.15, -0.1) is 11.3 Å². The third-order valence-corrected chi connectivity index (χ3v) is 4.67. The predicted molar refractivity (Wildman–Crippen MR) is 107 cm³/mol. The summed E-state index contributed by atoms with van der Waals surface area (Å²) in [7, 11) is 1.51. The van der Waals surface area contributed by atoms with E-state index >= 15 is 0 Å². The zero-order chi connectivity index (χ0) is 19.3. The number of hydrogen-bond donors (Lipinski definition) is 1. The van der Waals surface area contributed by atoms with Crippen molar-refractivity contribution in [3.05, 3.63) is 76.9 Å². The molecule has 0 atom stereocenters. The topological polar surface area (TPSA) is 85.1 Å². The predicted octanol–water partition coefficient (Wildman–Crippen LogP) is 4.03. The molecule has 0 aliphatic heterocycles. The Morgan fingerprint density at radius 2 is 2.18 bits per heavy atom. The molecule has 0 fully saturated rings. The first-order valence-corrected chi connectivity index (χ1v) is 9.23. The molecule has 0 bridgehead atoms. The van der Waals surface area contributed by atoms with Gasteiger partial charge >= 0.3 is 0 Å². The fourth-order valence-electron chi connectivity index (χ4n) is 2.53. The van der Waals surface area contributed by atoms with Gasteiger partial charge in [-0.3, -0.25) is 4.98 Å². The van der Waals surface area contributed by atoms with E-state index in [2.05, 4.69) is 15.1 Å². The average molecular weight is 392 g/mol. The largest absolute Gasteiger partial charge is 0.504 e. The quantitative estimate of drug-likeness (QED) is 0.520. The van der Waals surface area contributed by atoms with Gasteiger partial charge in [0.2, 0.25) is 4.80 Å². The highest BCUT2D eigenvalue weighted by Crippen LogP contribution is 2.26. The number of pyridine rings is 1. The third kappa shape index (κ3) is 3.72. The van der Waals surface area contributed by atoms with Gasteiger partial charge in [-0.05, 0) is 48.0 Å². The fraction of sp³-hybridized carbons (Fsp3) is 0.0500. The van der Waals surface area contributed by atoms with Crippen molar-refractivity contribution in [1.29, 1.82) is 0 Å². The van der Waals surface area contributed by atoms with E-state index in [0.29, 0.717) is 16.3 Å². The zero-order valence-corrected chi connectivity index (χ0v) is 15.7. The van der Waals surface area contributed by atoms with E-state index in [1.807, 2.05) is 29.6 Å². The number of benzene rings is 1. The fourth-order valence-corrected chi connectivity index (χ4v) is 3.36. The van der Waals surface area contributed by atoms with Crippen molar-refractivity contribution >= 4 is 23.2 Å². The standard InChI is InChI=1S/C20H16N4O3S/c1-26-19-7-6-14(10-17(19)25)11-22-24-16(18-5-3-9-27-18)13-28-20(24)23-15-4-2-8-21-12-15/h2-13,25H,1H3. The Morgan fingerprint density at radius 1 is 1.25 bits per heavy atom. The number of aromatic nitrogens is 2. The van der Waals surface area contributed by atoms with Gasteiger partial charge in [0, 0.05) is 11.6 Å². The van der Waals surface area contributed by atoms with Gasteiger partial charge < -0.3 is 14.3 Å². The minimum absolute atomic E-state index is 0.0493. The lowest BCUT2D eigenvalue weighted by atomic mass is 10.2. The van der Waals surface area contributed by atoms with Gasteiger partial charge in [-0.25, -0.2) is 9.67 Å². The number of phenolic OH excluding ortho intramolecular Hbond substituents is 1. The van der Waals surface area contributed by atoms with E-state index in [4.69, 9.17) is 9.15 Å². The van der Waals surface area contributed by atoms with E-state index in [-0.39, 0.29) is 5.75 Å². The van der Waals surface area contributed by atoms with Gasteiger partial charge in [0.05, 0.1) is 31.5 Å². The molecule has 0 amide bonds. The van der Waals surface area contributed by atoms with Crippen LogP contribution >= 0.6 is 11.3 Å². The number of nitrogens with zero attached hydrogens (tertiary/aromatic N) is 4. The first kappa shape index (κ1) is 17.7. The number of furan rings is 1. The molecule has 0 aliphatic rings. The molecule has 0 unspecified atom stereocenters. The molecule has 1 aromatic carbocycles. The summed E-state index contributed by atoms with van der Waals surface area (Å²) >= 11 is 1.44. The first-order valence-electron chi connectivity index (χ1n) is 8.35. The van der Waals surface area contributed by atoms with Gasteiger partial charge in [-0.2, -0.15) is 5.10 Å². The molecule has 3 aromatic heterocycles. The van der Waals surface area contributed by atoms with E-state index in [1.54, 1.807) is 47.7 Å². The smallest absolute Gasteiger partial charge is 0.211 e. The Morgan fingerprint density at radius 3 is 2.89 bits per heavy atom. The number of rotatable bonds is 5. The lowest BCUT2D eigenvalue weighted by molar-refractivity contribution is 0.373. The van der Waals surface area contributed by atoms with Gasteiger partial charge in [0.15, 0.2) is 17.3 Å². The lowest BCUT2D eigenvalue weighted by Gasteiger charge is -2.04. The summed E-state index contributed by atoms with van der Waals surface area (Å²) < 4.78 is 12.3. The summed E-state index contributed by atoms with van der Waals surface area (Å²) in [4.78, 5) is 9.38. The lowest BCUT2D eigenvalue weighted by Crippen LogP contribution is -2.11. The highest BCUT2D eigenvalue weighted by atomic mass is 32.1. The molecule has 0 saturated heterocycles. The molecule has 7 nitrogen and oxygen atoms in total. The second kappa shape index (κ2) is 7.93. The maximum absolute atomic E-state index is 9.97. The van der Waals surface area contributed by atoms with Crippen LogP contribution in [0.15, 0.2) is 81.0 Å². The van der Waals surface area contributed by atoms with Crippen molar-refractivity contribution in [3.8, 4) is 23.0 Å². The average Bonchev–Trinajstić information content (AvgIpc) is 3.37. The summed E-state index contributed by atoms with van der Waals surface area (Å²) in [5.74, 6) is 1.13. The van der Waals surface area contributed by atoms with Crippen molar-refractivity contribution in [2.75, 3.05) is 7.11 Å². The van der Waals surface area contributed by atoms with E-state index in [9.17, 15) is 5.11 Å². The van der Waals surface area contributed by atoms with Crippen LogP contribution in [0.25, 0.3) is 11.5 Å². The molecule has 0 saturated carbocycles. The number of aromatic hydroxyl groups is 1. The summed E-state index contributed by atoms with van der Waals surface area (Å²) in [6.07, 6.45) is 6.63. The van der Waals surface area contributed by atoms with E-state index in [1.165, 1.54) is 18.4 Å². The second-order valence-electron chi connectivity index (χ2n) is 5.69. The van der Waals surface area contributed by atoms with Crippen LogP contribution in [0.3, 0.4) is 0 Å². The Hall–Kier alpha value is -3.65. The highest BCUT2D eigenvalue weighted by molar-refractivity contribution is 7.07. The first-order chi connectivity index (χ1) is 13.7. The maximum Gasteiger partial charge on any atom is 0.211 e. The molecule has 4 rings (SSSR count). The van der Waals surface area contributed by atoms with Crippen LogP contribution in [0, 0.1) is 0 Å². The number of phenols is 1. The monoisotopic (exact) mass is 392 g/mol. The van der Waals surface area contributed by atoms with Crippen LogP contribution < -0.4 is 9.54 Å². The zero-order valence-electron chi connectivity index (χ0n) is 14.9. The Kier molecular flexibility index (Phi) is 5.03. The number of methoxy groups -OCH3 is 1. The summed E-state index contributed by atoms with van der Waals surface area (Å²) in [6.45, 7) is 0. The van der Waals surface area contributed by atoms with Crippen molar-refractivity contribution in [2.45, 2.75) is 0 Å². The van der Waals surface area contributed by atoms with Crippen molar-refractivity contribution in [2.24, 2.45) is 10.1 Å². The van der Waals surface area contributed by atoms with Crippen LogP contribution in [0.2, 0.25) is 0 Å². The van der Waals surface area contributed by atoms with E-state index < -0.39 is 0 Å². The van der Waals surface area contributed by atoms with Crippen LogP contribution in [-0.2, 0) is 0 Å². The molecule has 4 aromatic rings. The molecule has 1 N–H and O–H groups in total. The number of hydrogen-bond acceptors (Lipinski definition) is 7. The van der Waals surface area contributed by atoms with Crippen LogP contribution in [0.4, 0.5) is 5.69 Å². The van der Waals surface area contributed by atoms with Crippen LogP contribution in [0.1, 0.15) is 5.56 Å². The van der Waals surface area contributed by atoms with Crippen LogP contribution in [-0.4, -0.2) is 28.1 Å². The molecule has 140 valence electrons. The normalized spacial score (nSPS) is 12.0. The molecular weight excluding hydrogens is 376 g/mol.